The van der Waals surface area contributed by atoms with Gasteiger partial charge in [0.1, 0.15) is 6.04 Å². The fourth-order valence-electron chi connectivity index (χ4n) is 3.02. The second-order valence-corrected chi connectivity index (χ2v) is 6.75. The van der Waals surface area contributed by atoms with Crippen LogP contribution in [0.25, 0.3) is 0 Å². The van der Waals surface area contributed by atoms with Gasteiger partial charge in [-0.1, -0.05) is 37.3 Å². The Hall–Kier alpha value is -3.72. The van der Waals surface area contributed by atoms with E-state index in [1.54, 1.807) is 53.4 Å². The molecule has 164 valence electrons. The van der Waals surface area contributed by atoms with Gasteiger partial charge in [0, 0.05) is 25.3 Å². The van der Waals surface area contributed by atoms with Gasteiger partial charge in [0.05, 0.1) is 6.54 Å². The van der Waals surface area contributed by atoms with E-state index in [0.29, 0.717) is 23.5 Å². The molecule has 0 radical (unpaired) electrons. The standard InChI is InChI=1S/C22H27N5O4/c1-4-27(14-19(29)25-18-12-10-17(11-13-18)24-15(2)28)20(16-8-6-5-7-9-16)21(30)26-22(31)23-3/h5-13,20H,4,14H2,1-3H3,(H,24,28)(H,25,29)(H2,23,26,30,31)/t20-/m0/s1. The third-order valence-electron chi connectivity index (χ3n) is 4.43. The summed E-state index contributed by atoms with van der Waals surface area (Å²) in [6.07, 6.45) is 0. The summed E-state index contributed by atoms with van der Waals surface area (Å²) in [5, 5.41) is 10.1. The maximum absolute atomic E-state index is 12.8. The van der Waals surface area contributed by atoms with Crippen molar-refractivity contribution in [3.05, 3.63) is 60.2 Å². The van der Waals surface area contributed by atoms with Gasteiger partial charge in [0.25, 0.3) is 0 Å². The molecule has 0 aliphatic heterocycles. The molecule has 0 aliphatic carbocycles. The number of benzene rings is 2. The predicted octanol–water partition coefficient (Wildman–Crippen LogP) is 2.10. The first kappa shape index (κ1) is 23.6. The fraction of sp³-hybridized carbons (Fsp3) is 0.273. The number of hydrogen-bond acceptors (Lipinski definition) is 5. The molecule has 0 aliphatic rings. The Kier molecular flexibility index (Phi) is 8.71. The van der Waals surface area contributed by atoms with Gasteiger partial charge in [-0.2, -0.15) is 0 Å². The van der Waals surface area contributed by atoms with Crippen LogP contribution in [0.2, 0.25) is 0 Å². The molecule has 4 N–H and O–H groups in total. The van der Waals surface area contributed by atoms with Crippen molar-refractivity contribution in [3.8, 4) is 0 Å². The number of carbonyl (C=O) groups is 4. The van der Waals surface area contributed by atoms with Crippen LogP contribution in [0.3, 0.4) is 0 Å². The van der Waals surface area contributed by atoms with E-state index in [9.17, 15) is 19.2 Å². The average molecular weight is 425 g/mol. The molecule has 0 bridgehead atoms. The minimum absolute atomic E-state index is 0.0648. The second-order valence-electron chi connectivity index (χ2n) is 6.75. The lowest BCUT2D eigenvalue weighted by atomic mass is 10.0. The number of imide groups is 1. The molecular formula is C22H27N5O4. The van der Waals surface area contributed by atoms with Gasteiger partial charge in [-0.25, -0.2) is 4.79 Å². The number of amides is 5. The van der Waals surface area contributed by atoms with Crippen molar-refractivity contribution in [1.82, 2.24) is 15.5 Å². The quantitative estimate of drug-likeness (QED) is 0.516. The van der Waals surface area contributed by atoms with Gasteiger partial charge in [0.2, 0.25) is 17.7 Å². The highest BCUT2D eigenvalue weighted by molar-refractivity contribution is 5.98. The summed E-state index contributed by atoms with van der Waals surface area (Å²) in [5.74, 6) is -1.03. The van der Waals surface area contributed by atoms with Crippen LogP contribution in [0.5, 0.6) is 0 Å². The van der Waals surface area contributed by atoms with Crippen LogP contribution in [-0.2, 0) is 14.4 Å². The molecule has 31 heavy (non-hydrogen) atoms. The van der Waals surface area contributed by atoms with Gasteiger partial charge in [-0.15, -0.1) is 0 Å². The highest BCUT2D eigenvalue weighted by atomic mass is 16.2. The van der Waals surface area contributed by atoms with E-state index < -0.39 is 18.0 Å². The third kappa shape index (κ3) is 7.23. The first-order valence-corrected chi connectivity index (χ1v) is 9.83. The zero-order chi connectivity index (χ0) is 22.8. The topological polar surface area (TPSA) is 120 Å². The van der Waals surface area contributed by atoms with Gasteiger partial charge >= 0.3 is 6.03 Å². The lowest BCUT2D eigenvalue weighted by molar-refractivity contribution is -0.127. The van der Waals surface area contributed by atoms with Crippen molar-refractivity contribution in [2.24, 2.45) is 0 Å². The van der Waals surface area contributed by atoms with Crippen molar-refractivity contribution >= 4 is 35.1 Å². The monoisotopic (exact) mass is 425 g/mol. The molecule has 0 spiro atoms. The molecule has 9 heteroatoms. The lowest BCUT2D eigenvalue weighted by Gasteiger charge is -2.29. The number of urea groups is 1. The first-order chi connectivity index (χ1) is 14.8. The number of anilines is 2. The smallest absolute Gasteiger partial charge is 0.321 e. The summed E-state index contributed by atoms with van der Waals surface area (Å²) in [7, 11) is 1.42. The van der Waals surface area contributed by atoms with Gasteiger partial charge in [0.15, 0.2) is 0 Å². The minimum atomic E-state index is -0.823. The maximum atomic E-state index is 12.8. The van der Waals surface area contributed by atoms with Crippen molar-refractivity contribution in [1.29, 1.82) is 0 Å². The Morgan fingerprint density at radius 3 is 2.00 bits per heavy atom. The minimum Gasteiger partial charge on any atom is -0.341 e. The first-order valence-electron chi connectivity index (χ1n) is 9.83. The van der Waals surface area contributed by atoms with Gasteiger partial charge in [-0.3, -0.25) is 24.6 Å². The van der Waals surface area contributed by atoms with E-state index in [4.69, 9.17) is 0 Å². The van der Waals surface area contributed by atoms with E-state index in [-0.39, 0.29) is 18.4 Å². The molecule has 2 rings (SSSR count). The van der Waals surface area contributed by atoms with Crippen molar-refractivity contribution in [3.63, 3.8) is 0 Å². The number of hydrogen-bond donors (Lipinski definition) is 4. The number of rotatable bonds is 8. The average Bonchev–Trinajstić information content (AvgIpc) is 2.74. The summed E-state index contributed by atoms with van der Waals surface area (Å²) in [4.78, 5) is 49.9. The Labute approximate surface area is 181 Å². The van der Waals surface area contributed by atoms with Crippen LogP contribution >= 0.6 is 0 Å². The molecule has 9 nitrogen and oxygen atoms in total. The zero-order valence-corrected chi connectivity index (χ0v) is 17.8. The zero-order valence-electron chi connectivity index (χ0n) is 17.8. The number of carbonyl (C=O) groups excluding carboxylic acids is 4. The number of nitrogens with one attached hydrogen (secondary N) is 4. The van der Waals surface area contributed by atoms with E-state index in [1.807, 2.05) is 13.0 Å². The molecular weight excluding hydrogens is 398 g/mol. The molecule has 0 fully saturated rings. The molecule has 2 aromatic rings. The van der Waals surface area contributed by atoms with E-state index in [2.05, 4.69) is 21.3 Å². The molecule has 2 aromatic carbocycles. The van der Waals surface area contributed by atoms with Crippen molar-refractivity contribution in [2.75, 3.05) is 30.8 Å². The van der Waals surface area contributed by atoms with Gasteiger partial charge < -0.3 is 16.0 Å². The summed E-state index contributed by atoms with van der Waals surface area (Å²) < 4.78 is 0. The van der Waals surface area contributed by atoms with Crippen LogP contribution in [0.4, 0.5) is 16.2 Å². The molecule has 0 aromatic heterocycles. The molecule has 0 heterocycles. The van der Waals surface area contributed by atoms with Crippen LogP contribution in [-0.4, -0.2) is 48.8 Å². The molecule has 5 amide bonds. The van der Waals surface area contributed by atoms with E-state index in [1.165, 1.54) is 14.0 Å². The molecule has 0 unspecified atom stereocenters. The summed E-state index contributed by atoms with van der Waals surface area (Å²) >= 11 is 0. The normalized spacial score (nSPS) is 11.4. The van der Waals surface area contributed by atoms with Crippen LogP contribution in [0.1, 0.15) is 25.5 Å². The Bertz CT molecular complexity index is 915. The SMILES string of the molecule is CCN(CC(=O)Nc1ccc(NC(C)=O)cc1)[C@H](C(=O)NC(=O)NC)c1ccccc1. The van der Waals surface area contributed by atoms with Crippen LogP contribution < -0.4 is 21.3 Å². The highest BCUT2D eigenvalue weighted by Gasteiger charge is 2.29. The Morgan fingerprint density at radius 1 is 0.903 bits per heavy atom. The lowest BCUT2D eigenvalue weighted by Crippen LogP contribution is -2.47. The fourth-order valence-corrected chi connectivity index (χ4v) is 3.02. The summed E-state index contributed by atoms with van der Waals surface area (Å²) in [6, 6.07) is 14.2. The Morgan fingerprint density at radius 2 is 1.48 bits per heavy atom. The molecule has 0 saturated heterocycles. The number of likely N-dealkylation sites (N-methyl/N-ethyl adjacent to an activating group) is 1. The molecule has 1 atom stereocenters. The second kappa shape index (κ2) is 11.5. The van der Waals surface area contributed by atoms with E-state index >= 15 is 0 Å². The summed E-state index contributed by atoms with van der Waals surface area (Å²) in [5.41, 5.74) is 1.84. The predicted molar refractivity (Wildman–Crippen MR) is 118 cm³/mol. The summed E-state index contributed by atoms with van der Waals surface area (Å²) in [6.45, 7) is 3.58. The van der Waals surface area contributed by atoms with Crippen molar-refractivity contribution < 1.29 is 19.2 Å². The van der Waals surface area contributed by atoms with Crippen LogP contribution in [0, 0.1) is 0 Å². The van der Waals surface area contributed by atoms with Gasteiger partial charge in [-0.05, 0) is 36.4 Å². The third-order valence-corrected chi connectivity index (χ3v) is 4.43. The number of nitrogens with zero attached hydrogens (tertiary/aromatic N) is 1. The highest BCUT2D eigenvalue weighted by Crippen LogP contribution is 2.21. The van der Waals surface area contributed by atoms with Crippen molar-refractivity contribution in [2.45, 2.75) is 19.9 Å². The largest absolute Gasteiger partial charge is 0.341 e. The van der Waals surface area contributed by atoms with E-state index in [0.717, 1.165) is 0 Å². The van der Waals surface area contributed by atoms with Crippen LogP contribution in [0.15, 0.2) is 54.6 Å². The Balaban J connectivity index is 2.14. The molecule has 0 saturated carbocycles. The maximum Gasteiger partial charge on any atom is 0.321 e.